The Labute approximate surface area is 159 Å². The van der Waals surface area contributed by atoms with Gasteiger partial charge in [0.1, 0.15) is 6.17 Å². The van der Waals surface area contributed by atoms with Gasteiger partial charge in [0, 0.05) is 12.1 Å². The molecule has 0 amide bonds. The molecule has 138 valence electrons. The summed E-state index contributed by atoms with van der Waals surface area (Å²) in [7, 11) is 0. The van der Waals surface area contributed by atoms with Gasteiger partial charge in [0.15, 0.2) is 0 Å². The highest BCUT2D eigenvalue weighted by atomic mass is 15.3. The van der Waals surface area contributed by atoms with Crippen molar-refractivity contribution in [1.29, 1.82) is 0 Å². The highest BCUT2D eigenvalue weighted by molar-refractivity contribution is 5.30. The molecule has 0 spiro atoms. The standard InChI is InChI=1S/C22H26N2.C2H6/c1-18-12-10-11-17-21(18)24(20-15-8-3-4-9-16-20)22(23-2)19-13-6-5-7-14-19;1-2/h3-14,17-18,20-22H,2,15-16H2,1H3;1-2H3. The zero-order valence-electron chi connectivity index (χ0n) is 16.3. The SMILES string of the molecule is C=NC(c1ccccc1)N(C1CC=CC=CC1)C1C=CC=CC1C.CC. The molecule has 3 rings (SSSR count). The average Bonchev–Trinajstić information content (AvgIpc) is 2.98. The van der Waals surface area contributed by atoms with Crippen molar-refractivity contribution < 1.29 is 0 Å². The van der Waals surface area contributed by atoms with Crippen molar-refractivity contribution in [2.75, 3.05) is 0 Å². The third-order valence-corrected chi connectivity index (χ3v) is 4.89. The molecule has 3 atom stereocenters. The van der Waals surface area contributed by atoms with Crippen LogP contribution in [0.15, 0.2) is 83.9 Å². The topological polar surface area (TPSA) is 15.6 Å². The highest BCUT2D eigenvalue weighted by Gasteiger charge is 2.33. The highest BCUT2D eigenvalue weighted by Crippen LogP contribution is 2.34. The van der Waals surface area contributed by atoms with E-state index in [4.69, 9.17) is 0 Å². The Morgan fingerprint density at radius 2 is 1.58 bits per heavy atom. The summed E-state index contributed by atoms with van der Waals surface area (Å²) in [4.78, 5) is 7.09. The van der Waals surface area contributed by atoms with Crippen LogP contribution in [0.1, 0.15) is 45.3 Å². The second-order valence-electron chi connectivity index (χ2n) is 6.52. The predicted molar refractivity (Wildman–Crippen MR) is 114 cm³/mol. The average molecular weight is 349 g/mol. The maximum Gasteiger partial charge on any atom is 0.128 e. The number of benzene rings is 1. The zero-order chi connectivity index (χ0) is 18.8. The van der Waals surface area contributed by atoms with E-state index in [-0.39, 0.29) is 6.17 Å². The quantitative estimate of drug-likeness (QED) is 0.585. The number of nitrogens with zero attached hydrogens (tertiary/aromatic N) is 2. The number of hydrogen-bond donors (Lipinski definition) is 0. The van der Waals surface area contributed by atoms with Gasteiger partial charge >= 0.3 is 0 Å². The molecule has 0 bridgehead atoms. The molecule has 2 heteroatoms. The number of hydrogen-bond acceptors (Lipinski definition) is 2. The van der Waals surface area contributed by atoms with Crippen LogP contribution in [0.2, 0.25) is 0 Å². The van der Waals surface area contributed by atoms with Crippen molar-refractivity contribution in [3.8, 4) is 0 Å². The zero-order valence-corrected chi connectivity index (χ0v) is 16.3. The minimum Gasteiger partial charge on any atom is -0.277 e. The summed E-state index contributed by atoms with van der Waals surface area (Å²) in [6, 6.07) is 11.3. The molecule has 0 radical (unpaired) electrons. The summed E-state index contributed by atoms with van der Waals surface area (Å²) in [6.45, 7) is 10.2. The third kappa shape index (κ3) is 4.92. The van der Waals surface area contributed by atoms with Crippen molar-refractivity contribution in [2.24, 2.45) is 10.9 Å². The van der Waals surface area contributed by atoms with Crippen LogP contribution in [0.25, 0.3) is 0 Å². The first-order valence-electron chi connectivity index (χ1n) is 9.76. The Bertz CT molecular complexity index is 640. The Kier molecular flexibility index (Phi) is 8.30. The number of rotatable bonds is 5. The minimum absolute atomic E-state index is 0.0281. The molecule has 0 aliphatic heterocycles. The predicted octanol–water partition coefficient (Wildman–Crippen LogP) is 6.12. The van der Waals surface area contributed by atoms with Gasteiger partial charge in [-0.2, -0.15) is 0 Å². The van der Waals surface area contributed by atoms with E-state index in [1.165, 1.54) is 5.56 Å². The van der Waals surface area contributed by atoms with Gasteiger partial charge < -0.3 is 0 Å². The van der Waals surface area contributed by atoms with E-state index in [9.17, 15) is 0 Å². The van der Waals surface area contributed by atoms with Crippen LogP contribution in [0.3, 0.4) is 0 Å². The molecule has 2 aliphatic carbocycles. The van der Waals surface area contributed by atoms with Crippen LogP contribution in [-0.4, -0.2) is 23.7 Å². The van der Waals surface area contributed by atoms with E-state index in [2.05, 4.69) is 102 Å². The van der Waals surface area contributed by atoms with Gasteiger partial charge in [-0.15, -0.1) is 0 Å². The number of aliphatic imine (C=N–C) groups is 1. The van der Waals surface area contributed by atoms with E-state index in [0.29, 0.717) is 18.0 Å². The molecule has 1 aromatic carbocycles. The summed E-state index contributed by atoms with van der Waals surface area (Å²) >= 11 is 0. The Morgan fingerprint density at radius 3 is 2.15 bits per heavy atom. The first-order valence-corrected chi connectivity index (χ1v) is 9.76. The maximum absolute atomic E-state index is 4.54. The normalized spacial score (nSPS) is 23.2. The fourth-order valence-electron chi connectivity index (χ4n) is 3.65. The van der Waals surface area contributed by atoms with E-state index in [1.807, 2.05) is 13.8 Å². The van der Waals surface area contributed by atoms with Crippen molar-refractivity contribution in [3.05, 3.63) is 84.5 Å². The summed E-state index contributed by atoms with van der Waals surface area (Å²) in [5.41, 5.74) is 1.21. The molecular formula is C24H32N2. The lowest BCUT2D eigenvalue weighted by atomic mass is 9.91. The Balaban J connectivity index is 0.00000117. The maximum atomic E-state index is 4.54. The van der Waals surface area contributed by atoms with E-state index >= 15 is 0 Å². The largest absolute Gasteiger partial charge is 0.277 e. The van der Waals surface area contributed by atoms with Crippen molar-refractivity contribution in [3.63, 3.8) is 0 Å². The molecular weight excluding hydrogens is 316 g/mol. The Morgan fingerprint density at radius 1 is 0.962 bits per heavy atom. The molecule has 3 unspecified atom stereocenters. The van der Waals surface area contributed by atoms with E-state index < -0.39 is 0 Å². The van der Waals surface area contributed by atoms with Gasteiger partial charge in [-0.1, -0.05) is 99.7 Å². The summed E-state index contributed by atoms with van der Waals surface area (Å²) in [6.07, 6.45) is 19.8. The second-order valence-corrected chi connectivity index (χ2v) is 6.52. The smallest absolute Gasteiger partial charge is 0.128 e. The monoisotopic (exact) mass is 348 g/mol. The van der Waals surface area contributed by atoms with Crippen LogP contribution in [-0.2, 0) is 0 Å². The van der Waals surface area contributed by atoms with Gasteiger partial charge in [-0.25, -0.2) is 0 Å². The fraction of sp³-hybridized carbons (Fsp3) is 0.375. The van der Waals surface area contributed by atoms with Crippen LogP contribution in [0.4, 0.5) is 0 Å². The van der Waals surface area contributed by atoms with Crippen LogP contribution in [0.5, 0.6) is 0 Å². The van der Waals surface area contributed by atoms with Crippen molar-refractivity contribution >= 4 is 6.72 Å². The lowest BCUT2D eigenvalue weighted by Gasteiger charge is -2.42. The lowest BCUT2D eigenvalue weighted by molar-refractivity contribution is 0.0871. The molecule has 2 nitrogen and oxygen atoms in total. The van der Waals surface area contributed by atoms with E-state index in [0.717, 1.165) is 12.8 Å². The van der Waals surface area contributed by atoms with Crippen LogP contribution >= 0.6 is 0 Å². The van der Waals surface area contributed by atoms with Crippen LogP contribution < -0.4 is 0 Å². The van der Waals surface area contributed by atoms with E-state index in [1.54, 1.807) is 0 Å². The molecule has 1 aromatic rings. The van der Waals surface area contributed by atoms with Gasteiger partial charge in [-0.05, 0) is 31.0 Å². The van der Waals surface area contributed by atoms with Gasteiger partial charge in [0.2, 0.25) is 0 Å². The molecule has 0 N–H and O–H groups in total. The molecule has 0 aromatic heterocycles. The molecule has 0 saturated heterocycles. The number of allylic oxidation sites excluding steroid dienone is 4. The van der Waals surface area contributed by atoms with Gasteiger partial charge in [0.05, 0.1) is 0 Å². The molecule has 0 heterocycles. The molecule has 0 fully saturated rings. The van der Waals surface area contributed by atoms with Gasteiger partial charge in [-0.3, -0.25) is 9.89 Å². The molecule has 0 saturated carbocycles. The summed E-state index contributed by atoms with van der Waals surface area (Å²) in [5.74, 6) is 0.458. The first kappa shape index (κ1) is 20.1. The third-order valence-electron chi connectivity index (χ3n) is 4.89. The lowest BCUT2D eigenvalue weighted by Crippen LogP contribution is -2.47. The van der Waals surface area contributed by atoms with Crippen LogP contribution in [0, 0.1) is 5.92 Å². The van der Waals surface area contributed by atoms with Crippen molar-refractivity contribution in [1.82, 2.24) is 4.90 Å². The molecule has 26 heavy (non-hydrogen) atoms. The fourth-order valence-corrected chi connectivity index (χ4v) is 3.65. The second kappa shape index (κ2) is 10.7. The first-order chi connectivity index (χ1) is 12.8. The van der Waals surface area contributed by atoms with Crippen molar-refractivity contribution in [2.45, 2.75) is 51.9 Å². The van der Waals surface area contributed by atoms with Gasteiger partial charge in [0.25, 0.3) is 0 Å². The summed E-state index contributed by atoms with van der Waals surface area (Å²) < 4.78 is 0. The Hall–Kier alpha value is -2.19. The minimum atomic E-state index is -0.0281. The summed E-state index contributed by atoms with van der Waals surface area (Å²) in [5, 5.41) is 0. The molecule has 2 aliphatic rings.